The molecule has 1 unspecified atom stereocenters. The van der Waals surface area contributed by atoms with Crippen molar-refractivity contribution in [3.63, 3.8) is 0 Å². The van der Waals surface area contributed by atoms with Crippen LogP contribution in [0.2, 0.25) is 0 Å². The zero-order chi connectivity index (χ0) is 15.5. The van der Waals surface area contributed by atoms with Crippen LogP contribution < -0.4 is 10.9 Å². The second kappa shape index (κ2) is 5.81. The first-order chi connectivity index (χ1) is 10.6. The Bertz CT molecular complexity index is 872. The standard InChI is InChI=1S/C17H15N3O2/c1-11(12-7-3-2-4-8-12)18-17(22)15-19-14-10-6-5-9-13(14)16(21)20-15/h2-11H,1H3,(H,18,22)(H,19,20,21). The van der Waals surface area contributed by atoms with E-state index in [0.717, 1.165) is 5.56 Å². The van der Waals surface area contributed by atoms with Crippen LogP contribution in [-0.2, 0) is 0 Å². The van der Waals surface area contributed by atoms with Crippen molar-refractivity contribution in [1.29, 1.82) is 0 Å². The molecule has 3 rings (SSSR count). The Labute approximate surface area is 127 Å². The Hall–Kier alpha value is -2.95. The Balaban J connectivity index is 1.88. The van der Waals surface area contributed by atoms with Crippen LogP contribution in [0.15, 0.2) is 59.4 Å². The number of para-hydroxylation sites is 1. The Morgan fingerprint density at radius 3 is 2.55 bits per heavy atom. The number of amides is 1. The molecular formula is C17H15N3O2. The zero-order valence-electron chi connectivity index (χ0n) is 12.0. The van der Waals surface area contributed by atoms with Crippen LogP contribution in [0, 0.1) is 0 Å². The summed E-state index contributed by atoms with van der Waals surface area (Å²) >= 11 is 0. The number of carbonyl (C=O) groups is 1. The molecule has 2 N–H and O–H groups in total. The number of fused-ring (bicyclic) bond motifs is 1. The summed E-state index contributed by atoms with van der Waals surface area (Å²) in [5, 5.41) is 3.30. The highest BCUT2D eigenvalue weighted by Gasteiger charge is 2.14. The fourth-order valence-electron chi connectivity index (χ4n) is 2.28. The number of H-pyrrole nitrogens is 1. The van der Waals surface area contributed by atoms with Gasteiger partial charge in [-0.05, 0) is 24.6 Å². The average molecular weight is 293 g/mol. The topological polar surface area (TPSA) is 74.8 Å². The third kappa shape index (κ3) is 2.74. The van der Waals surface area contributed by atoms with Gasteiger partial charge in [-0.25, -0.2) is 4.98 Å². The normalized spacial score (nSPS) is 12.0. The largest absolute Gasteiger partial charge is 0.343 e. The van der Waals surface area contributed by atoms with E-state index in [1.807, 2.05) is 37.3 Å². The van der Waals surface area contributed by atoms with Crippen molar-refractivity contribution in [2.24, 2.45) is 0 Å². The van der Waals surface area contributed by atoms with E-state index >= 15 is 0 Å². The van der Waals surface area contributed by atoms with Crippen molar-refractivity contribution >= 4 is 16.8 Å². The predicted octanol–water partition coefficient (Wildman–Crippen LogP) is 2.41. The number of aromatic amines is 1. The molecule has 0 saturated heterocycles. The summed E-state index contributed by atoms with van der Waals surface area (Å²) in [6.07, 6.45) is 0. The molecule has 1 heterocycles. The second-order valence-electron chi connectivity index (χ2n) is 5.04. The molecule has 0 radical (unpaired) electrons. The predicted molar refractivity (Wildman–Crippen MR) is 84.7 cm³/mol. The summed E-state index contributed by atoms with van der Waals surface area (Å²) in [4.78, 5) is 31.0. The fourth-order valence-corrected chi connectivity index (χ4v) is 2.28. The van der Waals surface area contributed by atoms with Crippen molar-refractivity contribution in [1.82, 2.24) is 15.3 Å². The third-order valence-corrected chi connectivity index (χ3v) is 3.48. The lowest BCUT2D eigenvalue weighted by Gasteiger charge is -2.13. The van der Waals surface area contributed by atoms with Crippen molar-refractivity contribution < 1.29 is 4.79 Å². The van der Waals surface area contributed by atoms with E-state index in [9.17, 15) is 9.59 Å². The minimum Gasteiger partial charge on any atom is -0.343 e. The van der Waals surface area contributed by atoms with Gasteiger partial charge in [0.1, 0.15) is 0 Å². The molecular weight excluding hydrogens is 278 g/mol. The molecule has 0 saturated carbocycles. The van der Waals surface area contributed by atoms with Gasteiger partial charge in [0.05, 0.1) is 16.9 Å². The lowest BCUT2D eigenvalue weighted by molar-refractivity contribution is 0.0929. The maximum absolute atomic E-state index is 12.3. The van der Waals surface area contributed by atoms with Gasteiger partial charge in [0.15, 0.2) is 5.82 Å². The zero-order valence-corrected chi connectivity index (χ0v) is 12.0. The molecule has 5 nitrogen and oxygen atoms in total. The molecule has 0 aliphatic carbocycles. The van der Waals surface area contributed by atoms with E-state index in [4.69, 9.17) is 0 Å². The highest BCUT2D eigenvalue weighted by Crippen LogP contribution is 2.12. The van der Waals surface area contributed by atoms with Gasteiger partial charge in [-0.15, -0.1) is 0 Å². The smallest absolute Gasteiger partial charge is 0.287 e. The number of benzene rings is 2. The van der Waals surface area contributed by atoms with Gasteiger partial charge in [-0.3, -0.25) is 9.59 Å². The first kappa shape index (κ1) is 14.0. The Morgan fingerprint density at radius 1 is 1.09 bits per heavy atom. The minimum atomic E-state index is -0.404. The van der Waals surface area contributed by atoms with Gasteiger partial charge in [0.2, 0.25) is 0 Å². The number of hydrogen-bond donors (Lipinski definition) is 2. The monoisotopic (exact) mass is 293 g/mol. The highest BCUT2D eigenvalue weighted by molar-refractivity contribution is 5.92. The van der Waals surface area contributed by atoms with Crippen molar-refractivity contribution in [2.45, 2.75) is 13.0 Å². The molecule has 5 heteroatoms. The van der Waals surface area contributed by atoms with Gasteiger partial charge in [-0.1, -0.05) is 42.5 Å². The molecule has 1 amide bonds. The summed E-state index contributed by atoms with van der Waals surface area (Å²) in [6.45, 7) is 1.88. The van der Waals surface area contributed by atoms with Gasteiger partial charge < -0.3 is 10.3 Å². The van der Waals surface area contributed by atoms with Crippen LogP contribution in [0.3, 0.4) is 0 Å². The molecule has 1 aromatic heterocycles. The third-order valence-electron chi connectivity index (χ3n) is 3.48. The number of aromatic nitrogens is 2. The molecule has 0 bridgehead atoms. The Morgan fingerprint density at radius 2 is 1.77 bits per heavy atom. The number of nitrogens with one attached hydrogen (secondary N) is 2. The minimum absolute atomic E-state index is 0.0199. The number of carbonyl (C=O) groups excluding carboxylic acids is 1. The van der Waals surface area contributed by atoms with Gasteiger partial charge in [0, 0.05) is 0 Å². The van der Waals surface area contributed by atoms with Gasteiger partial charge in [0.25, 0.3) is 11.5 Å². The van der Waals surface area contributed by atoms with Gasteiger partial charge in [-0.2, -0.15) is 0 Å². The molecule has 0 fully saturated rings. The van der Waals surface area contributed by atoms with Crippen LogP contribution in [0.25, 0.3) is 10.9 Å². The molecule has 110 valence electrons. The molecule has 2 aromatic carbocycles. The maximum atomic E-state index is 12.3. The molecule has 0 aliphatic heterocycles. The second-order valence-corrected chi connectivity index (χ2v) is 5.04. The van der Waals surface area contributed by atoms with E-state index in [2.05, 4.69) is 15.3 Å². The molecule has 0 aliphatic rings. The van der Waals surface area contributed by atoms with E-state index in [1.165, 1.54) is 0 Å². The summed E-state index contributed by atoms with van der Waals surface area (Å²) in [6, 6.07) is 16.4. The number of hydrogen-bond acceptors (Lipinski definition) is 3. The average Bonchev–Trinajstić information content (AvgIpc) is 2.55. The van der Waals surface area contributed by atoms with E-state index in [0.29, 0.717) is 10.9 Å². The van der Waals surface area contributed by atoms with Gasteiger partial charge >= 0.3 is 0 Å². The molecule has 1 atom stereocenters. The summed E-state index contributed by atoms with van der Waals surface area (Å²) < 4.78 is 0. The number of nitrogens with zero attached hydrogens (tertiary/aromatic N) is 1. The molecule has 0 spiro atoms. The highest BCUT2D eigenvalue weighted by atomic mass is 16.2. The van der Waals surface area contributed by atoms with Crippen LogP contribution in [0.5, 0.6) is 0 Å². The quantitative estimate of drug-likeness (QED) is 0.778. The summed E-state index contributed by atoms with van der Waals surface area (Å²) in [5.74, 6) is -0.384. The number of rotatable bonds is 3. The van der Waals surface area contributed by atoms with Crippen LogP contribution in [0.1, 0.15) is 29.1 Å². The lowest BCUT2D eigenvalue weighted by atomic mass is 10.1. The first-order valence-electron chi connectivity index (χ1n) is 7.00. The van der Waals surface area contributed by atoms with E-state index in [-0.39, 0.29) is 17.4 Å². The van der Waals surface area contributed by atoms with Crippen LogP contribution in [-0.4, -0.2) is 15.9 Å². The lowest BCUT2D eigenvalue weighted by Crippen LogP contribution is -2.30. The molecule has 3 aromatic rings. The van der Waals surface area contributed by atoms with Crippen molar-refractivity contribution in [2.75, 3.05) is 0 Å². The van der Waals surface area contributed by atoms with E-state index in [1.54, 1.807) is 24.3 Å². The van der Waals surface area contributed by atoms with Crippen molar-refractivity contribution in [3.8, 4) is 0 Å². The fraction of sp³-hybridized carbons (Fsp3) is 0.118. The summed E-state index contributed by atoms with van der Waals surface area (Å²) in [7, 11) is 0. The van der Waals surface area contributed by atoms with Crippen LogP contribution in [0.4, 0.5) is 0 Å². The Kier molecular flexibility index (Phi) is 3.70. The van der Waals surface area contributed by atoms with Crippen molar-refractivity contribution in [3.05, 3.63) is 76.3 Å². The van der Waals surface area contributed by atoms with E-state index < -0.39 is 5.91 Å². The van der Waals surface area contributed by atoms with Crippen LogP contribution >= 0.6 is 0 Å². The summed E-state index contributed by atoms with van der Waals surface area (Å²) in [5.41, 5.74) is 1.17. The maximum Gasteiger partial charge on any atom is 0.287 e. The first-order valence-corrected chi connectivity index (χ1v) is 7.00. The molecule has 22 heavy (non-hydrogen) atoms. The SMILES string of the molecule is CC(NC(=O)c1nc2ccccc2c(=O)[nH]1)c1ccccc1.